The van der Waals surface area contributed by atoms with Crippen molar-refractivity contribution < 1.29 is 25.5 Å². The molecule has 0 radical (unpaired) electrons. The Kier molecular flexibility index (Phi) is 6.65. The summed E-state index contributed by atoms with van der Waals surface area (Å²) in [6.45, 7) is 2.84. The minimum absolute atomic E-state index is 0.00803. The average molecular weight is 457 g/mol. The SMILES string of the molecule is O=c1c(O)cc(O)c2c(O)c3c(=NCCNCCO)ccc4c3c([nH]n4CCNCCO)c12. The van der Waals surface area contributed by atoms with Crippen LogP contribution in [-0.4, -0.2) is 81.3 Å². The summed E-state index contributed by atoms with van der Waals surface area (Å²) in [4.78, 5) is 17.4. The number of aromatic nitrogens is 2. The van der Waals surface area contributed by atoms with Crippen molar-refractivity contribution in [1.29, 1.82) is 0 Å². The molecule has 0 aliphatic carbocycles. The number of phenols is 3. The standard InChI is InChI=1S/C22H27N5O6/c28-9-6-23-3-4-25-12-1-2-13-17-16(12)22(33)18-14(30)11-15(31)21(32)19(18)20(17)26-27(13)8-5-24-7-10-29/h1-2,11,23-24,26,28-31,33H,3-10H2. The van der Waals surface area contributed by atoms with Crippen LogP contribution in [0.3, 0.4) is 0 Å². The molecule has 0 unspecified atom stereocenters. The van der Waals surface area contributed by atoms with E-state index in [-0.39, 0.29) is 29.7 Å². The second-order valence-corrected chi connectivity index (χ2v) is 7.66. The number of aliphatic hydroxyl groups excluding tert-OH is 2. The molecule has 0 atom stereocenters. The van der Waals surface area contributed by atoms with Crippen molar-refractivity contribution in [2.45, 2.75) is 6.54 Å². The molecule has 8 N–H and O–H groups in total. The van der Waals surface area contributed by atoms with Crippen molar-refractivity contribution in [2.24, 2.45) is 4.99 Å². The van der Waals surface area contributed by atoms with Gasteiger partial charge in [-0.05, 0) is 12.1 Å². The van der Waals surface area contributed by atoms with E-state index in [0.717, 1.165) is 6.07 Å². The second kappa shape index (κ2) is 9.63. The van der Waals surface area contributed by atoms with Crippen molar-refractivity contribution >= 4 is 32.6 Å². The summed E-state index contributed by atoms with van der Waals surface area (Å²) in [5.41, 5.74) is 0.383. The van der Waals surface area contributed by atoms with Crippen molar-refractivity contribution in [3.8, 4) is 17.2 Å². The van der Waals surface area contributed by atoms with E-state index in [1.807, 2.05) is 6.07 Å². The molecule has 0 spiro atoms. The molecule has 4 aromatic rings. The van der Waals surface area contributed by atoms with Crippen LogP contribution in [0.15, 0.2) is 28.0 Å². The molecule has 11 heteroatoms. The fraction of sp³-hybridized carbons (Fsp3) is 0.364. The highest BCUT2D eigenvalue weighted by atomic mass is 16.3. The van der Waals surface area contributed by atoms with E-state index in [4.69, 9.17) is 10.2 Å². The predicted molar refractivity (Wildman–Crippen MR) is 124 cm³/mol. The number of benzene rings is 3. The third-order valence-electron chi connectivity index (χ3n) is 5.57. The van der Waals surface area contributed by atoms with Gasteiger partial charge in [-0.15, -0.1) is 0 Å². The zero-order chi connectivity index (χ0) is 23.5. The molecule has 0 saturated heterocycles. The van der Waals surface area contributed by atoms with Crippen LogP contribution in [0.25, 0.3) is 32.6 Å². The van der Waals surface area contributed by atoms with Crippen LogP contribution < -0.4 is 21.4 Å². The molecule has 1 aromatic heterocycles. The summed E-state index contributed by atoms with van der Waals surface area (Å²) in [5.74, 6) is -1.31. The van der Waals surface area contributed by atoms with Gasteiger partial charge in [-0.3, -0.25) is 19.6 Å². The Balaban J connectivity index is 1.98. The van der Waals surface area contributed by atoms with Gasteiger partial charge in [0.1, 0.15) is 11.5 Å². The maximum atomic E-state index is 12.8. The molecule has 176 valence electrons. The number of phenolic OH excluding ortho intramolecular Hbond substituents is 3. The summed E-state index contributed by atoms with van der Waals surface area (Å²) < 4.78 is 1.80. The van der Waals surface area contributed by atoms with Gasteiger partial charge in [-0.25, -0.2) is 0 Å². The zero-order valence-electron chi connectivity index (χ0n) is 17.9. The van der Waals surface area contributed by atoms with Gasteiger partial charge in [-0.2, -0.15) is 0 Å². The molecule has 33 heavy (non-hydrogen) atoms. The Morgan fingerprint density at radius 2 is 1.61 bits per heavy atom. The highest BCUT2D eigenvalue weighted by Crippen LogP contribution is 2.42. The van der Waals surface area contributed by atoms with Gasteiger partial charge in [0.05, 0.1) is 58.9 Å². The van der Waals surface area contributed by atoms with Crippen molar-refractivity contribution in [3.05, 3.63) is 33.8 Å². The first kappa shape index (κ1) is 22.8. The van der Waals surface area contributed by atoms with Crippen LogP contribution in [0.5, 0.6) is 17.2 Å². The number of aromatic amines is 1. The Morgan fingerprint density at radius 3 is 2.33 bits per heavy atom. The predicted octanol–water partition coefficient (Wildman–Crippen LogP) is -0.745. The van der Waals surface area contributed by atoms with Gasteiger partial charge >= 0.3 is 0 Å². The number of nitrogens with zero attached hydrogens (tertiary/aromatic N) is 2. The van der Waals surface area contributed by atoms with Gasteiger partial charge in [0.2, 0.25) is 5.43 Å². The van der Waals surface area contributed by atoms with Crippen molar-refractivity contribution in [3.63, 3.8) is 0 Å². The van der Waals surface area contributed by atoms with Crippen LogP contribution >= 0.6 is 0 Å². The highest BCUT2D eigenvalue weighted by molar-refractivity contribution is 6.23. The van der Waals surface area contributed by atoms with Gasteiger partial charge in [0.25, 0.3) is 0 Å². The molecule has 0 aliphatic heterocycles. The number of hydrogen-bond donors (Lipinski definition) is 8. The first-order valence-electron chi connectivity index (χ1n) is 10.7. The Bertz CT molecular complexity index is 1410. The third kappa shape index (κ3) is 4.07. The molecule has 0 bridgehead atoms. The number of aromatic hydroxyl groups is 3. The molecule has 0 amide bonds. The molecule has 3 aromatic carbocycles. The molecule has 0 saturated carbocycles. The lowest BCUT2D eigenvalue weighted by Gasteiger charge is -2.09. The molecular weight excluding hydrogens is 430 g/mol. The lowest BCUT2D eigenvalue weighted by atomic mass is 9.98. The normalized spacial score (nSPS) is 12.6. The van der Waals surface area contributed by atoms with E-state index in [1.165, 1.54) is 0 Å². The van der Waals surface area contributed by atoms with E-state index < -0.39 is 16.9 Å². The average Bonchev–Trinajstić information content (AvgIpc) is 3.16. The van der Waals surface area contributed by atoms with Gasteiger partial charge in [-0.1, -0.05) is 0 Å². The molecular formula is C22H27N5O6. The van der Waals surface area contributed by atoms with Gasteiger partial charge < -0.3 is 36.2 Å². The zero-order valence-corrected chi connectivity index (χ0v) is 17.9. The summed E-state index contributed by atoms with van der Waals surface area (Å²) >= 11 is 0. The number of nitrogens with one attached hydrogen (secondary N) is 3. The summed E-state index contributed by atoms with van der Waals surface area (Å²) in [6.07, 6.45) is 0. The van der Waals surface area contributed by atoms with Crippen LogP contribution in [0.2, 0.25) is 0 Å². The van der Waals surface area contributed by atoms with Crippen molar-refractivity contribution in [2.75, 3.05) is 45.9 Å². The van der Waals surface area contributed by atoms with E-state index in [1.54, 1.807) is 10.7 Å². The Labute approximate surface area is 187 Å². The summed E-state index contributed by atoms with van der Waals surface area (Å²) in [7, 11) is 0. The van der Waals surface area contributed by atoms with E-state index in [0.29, 0.717) is 66.4 Å². The van der Waals surface area contributed by atoms with E-state index >= 15 is 0 Å². The van der Waals surface area contributed by atoms with Crippen LogP contribution in [0.4, 0.5) is 0 Å². The number of aliphatic hydroxyl groups is 2. The minimum atomic E-state index is -0.704. The van der Waals surface area contributed by atoms with Crippen molar-refractivity contribution in [1.82, 2.24) is 20.4 Å². The fourth-order valence-electron chi connectivity index (χ4n) is 4.13. The molecule has 0 aliphatic rings. The molecule has 0 fully saturated rings. The lowest BCUT2D eigenvalue weighted by Crippen LogP contribution is -2.23. The lowest BCUT2D eigenvalue weighted by molar-refractivity contribution is 0.291. The number of hydrogen-bond acceptors (Lipinski definition) is 9. The topological polar surface area (TPSA) is 175 Å². The Hall–Kier alpha value is -3.38. The number of rotatable bonds is 10. The minimum Gasteiger partial charge on any atom is -0.507 e. The quantitative estimate of drug-likeness (QED) is 0.113. The smallest absolute Gasteiger partial charge is 0.230 e. The molecule has 1 heterocycles. The monoisotopic (exact) mass is 457 g/mol. The first-order valence-corrected chi connectivity index (χ1v) is 10.7. The number of fused-ring (bicyclic) bond motifs is 2. The largest absolute Gasteiger partial charge is 0.507 e. The molecule has 4 rings (SSSR count). The highest BCUT2D eigenvalue weighted by Gasteiger charge is 2.23. The fourth-order valence-corrected chi connectivity index (χ4v) is 4.13. The molecule has 11 nitrogen and oxygen atoms in total. The summed E-state index contributed by atoms with van der Waals surface area (Å²) in [6, 6.07) is 4.51. The Morgan fingerprint density at radius 1 is 0.879 bits per heavy atom. The third-order valence-corrected chi connectivity index (χ3v) is 5.57. The van der Waals surface area contributed by atoms with Crippen LogP contribution in [0.1, 0.15) is 0 Å². The van der Waals surface area contributed by atoms with Crippen LogP contribution in [-0.2, 0) is 6.54 Å². The maximum absolute atomic E-state index is 12.8. The van der Waals surface area contributed by atoms with E-state index in [2.05, 4.69) is 20.7 Å². The van der Waals surface area contributed by atoms with Gasteiger partial charge in [0.15, 0.2) is 5.75 Å². The summed E-state index contributed by atoms with van der Waals surface area (Å²) in [5, 5.41) is 60.2. The van der Waals surface area contributed by atoms with E-state index in [9.17, 15) is 20.1 Å². The van der Waals surface area contributed by atoms with Gasteiger partial charge in [0, 0.05) is 37.6 Å². The number of H-pyrrole nitrogens is 1. The maximum Gasteiger partial charge on any atom is 0.230 e. The first-order chi connectivity index (χ1) is 16.0. The van der Waals surface area contributed by atoms with Crippen LogP contribution in [0, 0.1) is 0 Å². The second-order valence-electron chi connectivity index (χ2n) is 7.66.